The number of amides is 1. The van der Waals surface area contributed by atoms with Crippen molar-refractivity contribution in [3.8, 4) is 0 Å². The van der Waals surface area contributed by atoms with Crippen LogP contribution in [-0.2, 0) is 10.0 Å². The molecule has 3 rings (SSSR count). The minimum absolute atomic E-state index is 0.0439. The Morgan fingerprint density at radius 1 is 1.25 bits per heavy atom. The third kappa shape index (κ3) is 4.98. The Morgan fingerprint density at radius 3 is 2.64 bits per heavy atom. The standard InChI is InChI=1S/C16H14ClN5O3S3/c1-2-26-15-19-9-12(17)13(21-15)14(23)20-10-3-5-11(6-4-10)28(24,25)22-16-18-7-8-27-16/h3-9H,2H2,1H3,(H,18,22)(H,20,23). The van der Waals surface area contributed by atoms with E-state index in [1.807, 2.05) is 6.92 Å². The van der Waals surface area contributed by atoms with Crippen LogP contribution < -0.4 is 10.0 Å². The first kappa shape index (κ1) is 20.5. The molecule has 146 valence electrons. The molecule has 1 amide bonds. The number of aromatic nitrogens is 3. The van der Waals surface area contributed by atoms with Crippen LogP contribution in [0.15, 0.2) is 52.1 Å². The molecule has 1 aromatic carbocycles. The number of sulfonamides is 1. The highest BCUT2D eigenvalue weighted by atomic mass is 35.5. The summed E-state index contributed by atoms with van der Waals surface area (Å²) in [5.41, 5.74) is 0.451. The van der Waals surface area contributed by atoms with Gasteiger partial charge in [-0.3, -0.25) is 9.52 Å². The maximum absolute atomic E-state index is 12.5. The van der Waals surface area contributed by atoms with E-state index in [9.17, 15) is 13.2 Å². The molecular weight excluding hydrogens is 442 g/mol. The van der Waals surface area contributed by atoms with Crippen molar-refractivity contribution in [1.29, 1.82) is 0 Å². The van der Waals surface area contributed by atoms with Crippen molar-refractivity contribution < 1.29 is 13.2 Å². The second-order valence-electron chi connectivity index (χ2n) is 5.20. The highest BCUT2D eigenvalue weighted by molar-refractivity contribution is 7.99. The zero-order valence-corrected chi connectivity index (χ0v) is 17.6. The smallest absolute Gasteiger partial charge is 0.275 e. The SMILES string of the molecule is CCSc1ncc(Cl)c(C(=O)Nc2ccc(S(=O)(=O)Nc3nccs3)cc2)n1. The van der Waals surface area contributed by atoms with Crippen molar-refractivity contribution in [1.82, 2.24) is 15.0 Å². The lowest BCUT2D eigenvalue weighted by atomic mass is 10.3. The number of hydrogen-bond acceptors (Lipinski definition) is 8. The Morgan fingerprint density at radius 2 is 2.00 bits per heavy atom. The van der Waals surface area contributed by atoms with Crippen molar-refractivity contribution in [2.24, 2.45) is 0 Å². The van der Waals surface area contributed by atoms with Crippen LogP contribution in [0.1, 0.15) is 17.4 Å². The largest absolute Gasteiger partial charge is 0.321 e. The maximum atomic E-state index is 12.5. The van der Waals surface area contributed by atoms with Crippen molar-refractivity contribution in [2.45, 2.75) is 17.0 Å². The molecule has 0 aliphatic rings. The number of nitrogens with one attached hydrogen (secondary N) is 2. The summed E-state index contributed by atoms with van der Waals surface area (Å²) in [4.78, 5) is 24.6. The zero-order valence-electron chi connectivity index (χ0n) is 14.4. The molecule has 8 nitrogen and oxygen atoms in total. The fraction of sp³-hybridized carbons (Fsp3) is 0.125. The van der Waals surface area contributed by atoms with Gasteiger partial charge in [0.05, 0.1) is 16.1 Å². The lowest BCUT2D eigenvalue weighted by Crippen LogP contribution is -2.16. The monoisotopic (exact) mass is 455 g/mol. The predicted octanol–water partition coefficient (Wildman–Crippen LogP) is 3.75. The Hall–Kier alpha value is -2.21. The van der Waals surface area contributed by atoms with Gasteiger partial charge in [0.2, 0.25) is 0 Å². The van der Waals surface area contributed by atoms with Crippen molar-refractivity contribution in [3.05, 3.63) is 52.8 Å². The van der Waals surface area contributed by atoms with Gasteiger partial charge in [-0.25, -0.2) is 23.4 Å². The average molecular weight is 456 g/mol. The number of nitrogens with zero attached hydrogens (tertiary/aromatic N) is 3. The van der Waals surface area contributed by atoms with E-state index >= 15 is 0 Å². The van der Waals surface area contributed by atoms with Gasteiger partial charge in [-0.15, -0.1) is 11.3 Å². The third-order valence-electron chi connectivity index (χ3n) is 3.29. The fourth-order valence-electron chi connectivity index (χ4n) is 2.06. The summed E-state index contributed by atoms with van der Waals surface area (Å²) in [6.07, 6.45) is 2.88. The number of hydrogen-bond donors (Lipinski definition) is 2. The molecule has 2 N–H and O–H groups in total. The van der Waals surface area contributed by atoms with Crippen LogP contribution >= 0.6 is 34.7 Å². The summed E-state index contributed by atoms with van der Waals surface area (Å²) in [6, 6.07) is 5.72. The summed E-state index contributed by atoms with van der Waals surface area (Å²) in [5, 5.41) is 5.16. The summed E-state index contributed by atoms with van der Waals surface area (Å²) < 4.78 is 27.0. The second kappa shape index (κ2) is 8.86. The Balaban J connectivity index is 1.74. The van der Waals surface area contributed by atoms with Gasteiger partial charge < -0.3 is 5.32 Å². The molecule has 0 aliphatic carbocycles. The first-order valence-electron chi connectivity index (χ1n) is 7.88. The van der Waals surface area contributed by atoms with Gasteiger partial charge in [-0.2, -0.15) is 0 Å². The molecular formula is C16H14ClN5O3S3. The van der Waals surface area contributed by atoms with Gasteiger partial charge in [0.1, 0.15) is 0 Å². The van der Waals surface area contributed by atoms with E-state index in [4.69, 9.17) is 11.6 Å². The zero-order chi connectivity index (χ0) is 20.1. The summed E-state index contributed by atoms with van der Waals surface area (Å²) >= 11 is 8.59. The number of thiazole rings is 1. The van der Waals surface area contributed by atoms with E-state index in [1.165, 1.54) is 59.8 Å². The van der Waals surface area contributed by atoms with Gasteiger partial charge in [-0.05, 0) is 30.0 Å². The number of carbonyl (C=O) groups excluding carboxylic acids is 1. The first-order valence-corrected chi connectivity index (χ1v) is 11.6. The van der Waals surface area contributed by atoms with Crippen LogP contribution in [0.5, 0.6) is 0 Å². The van der Waals surface area contributed by atoms with E-state index < -0.39 is 15.9 Å². The topological polar surface area (TPSA) is 114 Å². The average Bonchev–Trinajstić information content (AvgIpc) is 3.16. The van der Waals surface area contributed by atoms with Gasteiger partial charge >= 0.3 is 0 Å². The Bertz CT molecular complexity index is 1070. The molecule has 12 heteroatoms. The molecule has 3 aromatic rings. The van der Waals surface area contributed by atoms with Crippen LogP contribution in [0, 0.1) is 0 Å². The molecule has 0 saturated heterocycles. The van der Waals surface area contributed by atoms with Crippen molar-refractivity contribution >= 4 is 61.4 Å². The number of anilines is 2. The van der Waals surface area contributed by atoms with Gasteiger partial charge in [0.25, 0.3) is 15.9 Å². The summed E-state index contributed by atoms with van der Waals surface area (Å²) in [5.74, 6) is 0.245. The Kier molecular flexibility index (Phi) is 6.50. The van der Waals surface area contributed by atoms with E-state index in [1.54, 1.807) is 5.38 Å². The van der Waals surface area contributed by atoms with E-state index in [2.05, 4.69) is 25.0 Å². The Labute approximate surface area is 174 Å². The quantitative estimate of drug-likeness (QED) is 0.411. The number of benzene rings is 1. The summed E-state index contributed by atoms with van der Waals surface area (Å²) in [7, 11) is -3.76. The van der Waals surface area contributed by atoms with Crippen LogP contribution in [-0.4, -0.2) is 35.0 Å². The number of halogens is 1. The maximum Gasteiger partial charge on any atom is 0.275 e. The molecule has 0 aliphatic heterocycles. The fourth-order valence-corrected chi connectivity index (χ4v) is 4.57. The van der Waals surface area contributed by atoms with Crippen molar-refractivity contribution in [3.63, 3.8) is 0 Å². The molecule has 0 radical (unpaired) electrons. The predicted molar refractivity (Wildman–Crippen MR) is 111 cm³/mol. The molecule has 0 atom stereocenters. The number of carbonyl (C=O) groups is 1. The number of rotatable bonds is 7. The molecule has 0 unspecified atom stereocenters. The van der Waals surface area contributed by atoms with Crippen LogP contribution in [0.25, 0.3) is 0 Å². The van der Waals surface area contributed by atoms with Crippen LogP contribution in [0.2, 0.25) is 5.02 Å². The highest BCUT2D eigenvalue weighted by Gasteiger charge is 2.17. The third-order valence-corrected chi connectivity index (χ3v) is 6.48. The van der Waals surface area contributed by atoms with Gasteiger partial charge in [0.15, 0.2) is 16.0 Å². The minimum Gasteiger partial charge on any atom is -0.321 e. The molecule has 2 heterocycles. The number of thioether (sulfide) groups is 1. The second-order valence-corrected chi connectivity index (χ2v) is 9.42. The molecule has 2 aromatic heterocycles. The normalized spacial score (nSPS) is 11.2. The lowest BCUT2D eigenvalue weighted by Gasteiger charge is -2.09. The van der Waals surface area contributed by atoms with Gasteiger partial charge in [-0.1, -0.05) is 30.3 Å². The highest BCUT2D eigenvalue weighted by Crippen LogP contribution is 2.22. The van der Waals surface area contributed by atoms with E-state index in [0.29, 0.717) is 10.8 Å². The van der Waals surface area contributed by atoms with Gasteiger partial charge in [0, 0.05) is 17.3 Å². The molecule has 0 bridgehead atoms. The molecule has 0 spiro atoms. The first-order chi connectivity index (χ1) is 13.4. The summed E-state index contributed by atoms with van der Waals surface area (Å²) in [6.45, 7) is 1.95. The van der Waals surface area contributed by atoms with Crippen LogP contribution in [0.4, 0.5) is 10.8 Å². The lowest BCUT2D eigenvalue weighted by molar-refractivity contribution is 0.102. The van der Waals surface area contributed by atoms with Crippen molar-refractivity contribution in [2.75, 3.05) is 15.8 Å². The molecule has 0 fully saturated rings. The molecule has 0 saturated carbocycles. The minimum atomic E-state index is -3.76. The van der Waals surface area contributed by atoms with E-state index in [0.717, 1.165) is 5.75 Å². The van der Waals surface area contributed by atoms with Crippen LogP contribution in [0.3, 0.4) is 0 Å². The van der Waals surface area contributed by atoms with E-state index in [-0.39, 0.29) is 20.7 Å². The molecule has 28 heavy (non-hydrogen) atoms.